The van der Waals surface area contributed by atoms with E-state index in [0.717, 1.165) is 41.5 Å². The lowest BCUT2D eigenvalue weighted by Crippen LogP contribution is -2.35. The number of thiophene rings is 1. The standard InChI is InChI=1S/C17H26N4O2S3/c1-17(2,3)15-19-16(25-20-15)18-10-9-13-7-8-14(24-13)26(22,23)21-11-5-4-6-12-21/h7-8H,4-6,9-12H2,1-3H3,(H,18,19,20). The van der Waals surface area contributed by atoms with Crippen LogP contribution in [0.5, 0.6) is 0 Å². The van der Waals surface area contributed by atoms with Gasteiger partial charge in [0.25, 0.3) is 10.0 Å². The Labute approximate surface area is 163 Å². The third kappa shape index (κ3) is 4.62. The average Bonchev–Trinajstić information content (AvgIpc) is 3.25. The van der Waals surface area contributed by atoms with Gasteiger partial charge in [0.1, 0.15) is 10.0 Å². The molecule has 0 atom stereocenters. The zero-order valence-corrected chi connectivity index (χ0v) is 17.9. The van der Waals surface area contributed by atoms with Gasteiger partial charge in [0, 0.05) is 41.5 Å². The molecule has 0 aliphatic carbocycles. The molecule has 0 aromatic carbocycles. The third-order valence-electron chi connectivity index (χ3n) is 4.29. The fraction of sp³-hybridized carbons (Fsp3) is 0.647. The zero-order chi connectivity index (χ0) is 18.8. The Morgan fingerprint density at radius 1 is 1.19 bits per heavy atom. The smallest absolute Gasteiger partial charge is 0.252 e. The molecule has 0 amide bonds. The van der Waals surface area contributed by atoms with Gasteiger partial charge in [-0.1, -0.05) is 27.2 Å². The average molecular weight is 415 g/mol. The number of sulfonamides is 1. The Morgan fingerprint density at radius 2 is 1.92 bits per heavy atom. The van der Waals surface area contributed by atoms with E-state index in [-0.39, 0.29) is 5.41 Å². The van der Waals surface area contributed by atoms with E-state index in [2.05, 4.69) is 35.4 Å². The van der Waals surface area contributed by atoms with Crippen LogP contribution in [0.1, 0.15) is 50.7 Å². The molecule has 0 radical (unpaired) electrons. The Kier molecular flexibility index (Phi) is 6.01. The van der Waals surface area contributed by atoms with Gasteiger partial charge in [-0.05, 0) is 31.4 Å². The van der Waals surface area contributed by atoms with Crippen molar-refractivity contribution in [2.75, 3.05) is 25.0 Å². The van der Waals surface area contributed by atoms with Gasteiger partial charge in [-0.15, -0.1) is 11.3 Å². The summed E-state index contributed by atoms with van der Waals surface area (Å²) in [5.74, 6) is 0.844. The van der Waals surface area contributed by atoms with Crippen molar-refractivity contribution in [1.29, 1.82) is 0 Å². The second-order valence-corrected chi connectivity index (χ2v) is 11.6. The van der Waals surface area contributed by atoms with Gasteiger partial charge < -0.3 is 5.32 Å². The summed E-state index contributed by atoms with van der Waals surface area (Å²) >= 11 is 2.74. The first-order chi connectivity index (χ1) is 12.3. The van der Waals surface area contributed by atoms with E-state index in [1.54, 1.807) is 10.4 Å². The van der Waals surface area contributed by atoms with Crippen LogP contribution >= 0.6 is 22.9 Å². The fourth-order valence-corrected chi connectivity index (χ4v) is 6.56. The Balaban J connectivity index is 1.56. The molecule has 1 aliphatic heterocycles. The van der Waals surface area contributed by atoms with Crippen molar-refractivity contribution in [1.82, 2.24) is 13.7 Å². The van der Waals surface area contributed by atoms with E-state index in [9.17, 15) is 8.42 Å². The van der Waals surface area contributed by atoms with Crippen LogP contribution in [0.3, 0.4) is 0 Å². The molecule has 2 aromatic rings. The maximum absolute atomic E-state index is 12.7. The molecule has 1 fully saturated rings. The predicted molar refractivity (Wildman–Crippen MR) is 108 cm³/mol. The third-order valence-corrected chi connectivity index (χ3v) is 8.47. The molecule has 9 heteroatoms. The molecule has 1 saturated heterocycles. The van der Waals surface area contributed by atoms with Gasteiger partial charge in [-0.3, -0.25) is 0 Å². The molecule has 3 rings (SSSR count). The molecule has 6 nitrogen and oxygen atoms in total. The SMILES string of the molecule is CC(C)(C)c1nsc(NCCc2ccc(S(=O)(=O)N3CCCCC3)s2)n1. The van der Waals surface area contributed by atoms with Gasteiger partial charge in [0.15, 0.2) is 0 Å². The second-order valence-electron chi connectivity index (χ2n) is 7.54. The van der Waals surface area contributed by atoms with Gasteiger partial charge in [0.05, 0.1) is 0 Å². The number of anilines is 1. The van der Waals surface area contributed by atoms with E-state index in [1.165, 1.54) is 22.9 Å². The summed E-state index contributed by atoms with van der Waals surface area (Å²) in [5.41, 5.74) is -0.0537. The van der Waals surface area contributed by atoms with Crippen LogP contribution in [0, 0.1) is 0 Å². The first-order valence-electron chi connectivity index (χ1n) is 8.94. The molecule has 26 heavy (non-hydrogen) atoms. The minimum Gasteiger partial charge on any atom is -0.360 e. The van der Waals surface area contributed by atoms with Gasteiger partial charge >= 0.3 is 0 Å². The maximum atomic E-state index is 12.7. The Hall–Kier alpha value is -1.03. The Bertz CT molecular complexity index is 830. The highest BCUT2D eigenvalue weighted by Crippen LogP contribution is 2.27. The van der Waals surface area contributed by atoms with Crippen LogP contribution in [0.25, 0.3) is 0 Å². The molecular weight excluding hydrogens is 388 g/mol. The highest BCUT2D eigenvalue weighted by atomic mass is 32.2. The van der Waals surface area contributed by atoms with Crippen molar-refractivity contribution in [3.8, 4) is 0 Å². The molecule has 0 unspecified atom stereocenters. The van der Waals surface area contributed by atoms with Crippen molar-refractivity contribution in [2.45, 2.75) is 56.1 Å². The molecule has 3 heterocycles. The van der Waals surface area contributed by atoms with Crippen molar-refractivity contribution >= 4 is 38.0 Å². The van der Waals surface area contributed by atoms with Crippen molar-refractivity contribution < 1.29 is 8.42 Å². The lowest BCUT2D eigenvalue weighted by atomic mass is 9.96. The normalized spacial score (nSPS) is 16.7. The number of piperidine rings is 1. The number of nitrogens with one attached hydrogen (secondary N) is 1. The number of rotatable bonds is 6. The van der Waals surface area contributed by atoms with E-state index >= 15 is 0 Å². The van der Waals surface area contributed by atoms with Crippen molar-refractivity contribution in [3.63, 3.8) is 0 Å². The monoisotopic (exact) mass is 414 g/mol. The quantitative estimate of drug-likeness (QED) is 0.779. The molecule has 2 aromatic heterocycles. The molecular formula is C17H26N4O2S3. The van der Waals surface area contributed by atoms with E-state index < -0.39 is 10.0 Å². The van der Waals surface area contributed by atoms with Crippen molar-refractivity contribution in [3.05, 3.63) is 22.8 Å². The van der Waals surface area contributed by atoms with Gasteiger partial charge in [-0.2, -0.15) is 8.68 Å². The summed E-state index contributed by atoms with van der Waals surface area (Å²) in [4.78, 5) is 5.58. The minimum absolute atomic E-state index is 0.0537. The molecule has 0 bridgehead atoms. The molecule has 1 N–H and O–H groups in total. The van der Waals surface area contributed by atoms with Crippen LogP contribution < -0.4 is 5.32 Å². The van der Waals surface area contributed by atoms with Gasteiger partial charge in [0.2, 0.25) is 5.13 Å². The van der Waals surface area contributed by atoms with Crippen LogP contribution in [-0.4, -0.2) is 41.7 Å². The zero-order valence-electron chi connectivity index (χ0n) is 15.5. The molecule has 0 spiro atoms. The highest BCUT2D eigenvalue weighted by Gasteiger charge is 2.27. The van der Waals surface area contributed by atoms with Crippen molar-refractivity contribution in [2.24, 2.45) is 0 Å². The number of hydrogen-bond acceptors (Lipinski definition) is 7. The molecule has 0 saturated carbocycles. The summed E-state index contributed by atoms with van der Waals surface area (Å²) < 4.78 is 31.9. The first kappa shape index (κ1) is 19.7. The number of hydrogen-bond donors (Lipinski definition) is 1. The van der Waals surface area contributed by atoms with Gasteiger partial charge in [-0.25, -0.2) is 13.4 Å². The largest absolute Gasteiger partial charge is 0.360 e. The number of nitrogens with zero attached hydrogens (tertiary/aromatic N) is 3. The van der Waals surface area contributed by atoms with Crippen LogP contribution in [0.4, 0.5) is 5.13 Å². The van der Waals surface area contributed by atoms with E-state index in [0.29, 0.717) is 23.8 Å². The molecule has 144 valence electrons. The maximum Gasteiger partial charge on any atom is 0.252 e. The summed E-state index contributed by atoms with van der Waals surface area (Å²) in [6.45, 7) is 8.27. The summed E-state index contributed by atoms with van der Waals surface area (Å²) in [6.07, 6.45) is 3.81. The Morgan fingerprint density at radius 3 is 2.58 bits per heavy atom. The summed E-state index contributed by atoms with van der Waals surface area (Å²) in [5, 5.41) is 4.10. The molecule has 1 aliphatic rings. The van der Waals surface area contributed by atoms with Crippen LogP contribution in [-0.2, 0) is 21.9 Å². The van der Waals surface area contributed by atoms with E-state index in [1.807, 2.05) is 6.07 Å². The summed E-state index contributed by atoms with van der Waals surface area (Å²) in [7, 11) is -3.32. The first-order valence-corrected chi connectivity index (χ1v) is 12.0. The van der Waals surface area contributed by atoms with Crippen LogP contribution in [0.15, 0.2) is 16.3 Å². The lowest BCUT2D eigenvalue weighted by molar-refractivity contribution is 0.347. The predicted octanol–water partition coefficient (Wildman–Crippen LogP) is 3.73. The number of aromatic nitrogens is 2. The van der Waals surface area contributed by atoms with E-state index in [4.69, 9.17) is 0 Å². The lowest BCUT2D eigenvalue weighted by Gasteiger charge is -2.25. The topological polar surface area (TPSA) is 75.2 Å². The van der Waals surface area contributed by atoms with Crippen LogP contribution in [0.2, 0.25) is 0 Å². The second kappa shape index (κ2) is 7.92. The fourth-order valence-electron chi connectivity index (χ4n) is 2.76. The highest BCUT2D eigenvalue weighted by molar-refractivity contribution is 7.91. The minimum atomic E-state index is -3.32. The summed E-state index contributed by atoms with van der Waals surface area (Å²) in [6, 6.07) is 3.66.